The average molecular weight is 286 g/mol. The third-order valence-electron chi connectivity index (χ3n) is 3.23. The standard InChI is InChI=1S/C16H22N4O/c1-3-4-10-17-16(21)19(2)12-14-11-18-20(13-14)15-8-6-5-7-9-15/h5-9,11,13H,3-4,10,12H2,1-2H3,(H,17,21). The van der Waals surface area contributed by atoms with Crippen molar-refractivity contribution in [3.63, 3.8) is 0 Å². The molecule has 0 unspecified atom stereocenters. The maximum Gasteiger partial charge on any atom is 0.317 e. The summed E-state index contributed by atoms with van der Waals surface area (Å²) >= 11 is 0. The van der Waals surface area contributed by atoms with E-state index in [0.29, 0.717) is 6.54 Å². The molecule has 21 heavy (non-hydrogen) atoms. The van der Waals surface area contributed by atoms with Crippen LogP contribution < -0.4 is 5.32 Å². The number of benzene rings is 1. The van der Waals surface area contributed by atoms with Crippen LogP contribution in [0.5, 0.6) is 0 Å². The van der Waals surface area contributed by atoms with Crippen LogP contribution in [0.15, 0.2) is 42.7 Å². The molecule has 5 heteroatoms. The highest BCUT2D eigenvalue weighted by molar-refractivity contribution is 5.73. The molecule has 0 saturated heterocycles. The van der Waals surface area contributed by atoms with Gasteiger partial charge in [0.1, 0.15) is 0 Å². The zero-order chi connectivity index (χ0) is 15.1. The van der Waals surface area contributed by atoms with E-state index in [4.69, 9.17) is 0 Å². The molecule has 1 aromatic carbocycles. The second kappa shape index (κ2) is 7.47. The summed E-state index contributed by atoms with van der Waals surface area (Å²) in [5.74, 6) is 0. The van der Waals surface area contributed by atoms with Gasteiger partial charge in [0.05, 0.1) is 18.4 Å². The molecule has 1 aromatic heterocycles. The van der Waals surface area contributed by atoms with Gasteiger partial charge in [-0.3, -0.25) is 0 Å². The molecular weight excluding hydrogens is 264 g/mol. The molecule has 0 spiro atoms. The summed E-state index contributed by atoms with van der Waals surface area (Å²) in [6.45, 7) is 3.38. The number of nitrogens with one attached hydrogen (secondary N) is 1. The third-order valence-corrected chi connectivity index (χ3v) is 3.23. The monoisotopic (exact) mass is 286 g/mol. The third kappa shape index (κ3) is 4.34. The summed E-state index contributed by atoms with van der Waals surface area (Å²) in [5.41, 5.74) is 2.02. The van der Waals surface area contributed by atoms with E-state index in [1.165, 1.54) is 0 Å². The molecule has 0 radical (unpaired) electrons. The lowest BCUT2D eigenvalue weighted by Gasteiger charge is -2.16. The molecule has 5 nitrogen and oxygen atoms in total. The molecule has 0 atom stereocenters. The Morgan fingerprint density at radius 2 is 2.10 bits per heavy atom. The van der Waals surface area contributed by atoms with Crippen LogP contribution in [0, 0.1) is 0 Å². The van der Waals surface area contributed by atoms with Gasteiger partial charge < -0.3 is 10.2 Å². The van der Waals surface area contributed by atoms with Gasteiger partial charge in [0, 0.05) is 25.4 Å². The normalized spacial score (nSPS) is 10.4. The second-order valence-corrected chi connectivity index (χ2v) is 5.07. The average Bonchev–Trinajstić information content (AvgIpc) is 2.97. The maximum atomic E-state index is 11.9. The van der Waals surface area contributed by atoms with Crippen LogP contribution in [0.2, 0.25) is 0 Å². The quantitative estimate of drug-likeness (QED) is 0.830. The first-order valence-corrected chi connectivity index (χ1v) is 7.28. The first kappa shape index (κ1) is 15.1. The lowest BCUT2D eigenvalue weighted by atomic mass is 10.3. The molecule has 0 aliphatic heterocycles. The molecular formula is C16H22N4O. The first-order valence-electron chi connectivity index (χ1n) is 7.28. The Morgan fingerprint density at radius 1 is 1.33 bits per heavy atom. The minimum atomic E-state index is -0.0455. The Morgan fingerprint density at radius 3 is 2.81 bits per heavy atom. The van der Waals surface area contributed by atoms with Gasteiger partial charge in [0.15, 0.2) is 0 Å². The molecule has 0 aliphatic rings. The van der Waals surface area contributed by atoms with Crippen molar-refractivity contribution in [2.24, 2.45) is 0 Å². The molecule has 2 rings (SSSR count). The van der Waals surface area contributed by atoms with E-state index in [-0.39, 0.29) is 6.03 Å². The fourth-order valence-corrected chi connectivity index (χ4v) is 2.02. The summed E-state index contributed by atoms with van der Waals surface area (Å²) in [7, 11) is 1.79. The van der Waals surface area contributed by atoms with E-state index in [0.717, 1.165) is 30.6 Å². The molecule has 1 heterocycles. The van der Waals surface area contributed by atoms with Gasteiger partial charge in [0.25, 0.3) is 0 Å². The second-order valence-electron chi connectivity index (χ2n) is 5.07. The van der Waals surface area contributed by atoms with Crippen LogP contribution in [0.4, 0.5) is 4.79 Å². The zero-order valence-corrected chi connectivity index (χ0v) is 12.6. The van der Waals surface area contributed by atoms with Crippen molar-refractivity contribution in [1.82, 2.24) is 20.0 Å². The fraction of sp³-hybridized carbons (Fsp3) is 0.375. The highest BCUT2D eigenvalue weighted by Gasteiger charge is 2.09. The fourth-order valence-electron chi connectivity index (χ4n) is 2.02. The lowest BCUT2D eigenvalue weighted by Crippen LogP contribution is -2.37. The van der Waals surface area contributed by atoms with Crippen molar-refractivity contribution < 1.29 is 4.79 Å². The summed E-state index contributed by atoms with van der Waals surface area (Å²) in [4.78, 5) is 13.6. The summed E-state index contributed by atoms with van der Waals surface area (Å²) in [6, 6.07) is 9.88. The van der Waals surface area contributed by atoms with E-state index >= 15 is 0 Å². The van der Waals surface area contributed by atoms with Gasteiger partial charge >= 0.3 is 6.03 Å². The Balaban J connectivity index is 1.91. The van der Waals surface area contributed by atoms with Crippen LogP contribution in [0.25, 0.3) is 5.69 Å². The predicted octanol–water partition coefficient (Wildman–Crippen LogP) is 2.81. The number of amides is 2. The smallest absolute Gasteiger partial charge is 0.317 e. The Kier molecular flexibility index (Phi) is 5.37. The van der Waals surface area contributed by atoms with Crippen LogP contribution in [-0.4, -0.2) is 34.3 Å². The van der Waals surface area contributed by atoms with E-state index in [1.807, 2.05) is 41.2 Å². The van der Waals surface area contributed by atoms with Crippen molar-refractivity contribution in [1.29, 1.82) is 0 Å². The SMILES string of the molecule is CCCCNC(=O)N(C)Cc1cnn(-c2ccccc2)c1. The molecule has 112 valence electrons. The molecule has 0 bridgehead atoms. The maximum absolute atomic E-state index is 11.9. The number of nitrogens with zero attached hydrogens (tertiary/aromatic N) is 3. The summed E-state index contributed by atoms with van der Waals surface area (Å²) in [6.07, 6.45) is 5.83. The Bertz CT molecular complexity index is 565. The van der Waals surface area contributed by atoms with Crippen molar-refractivity contribution in [2.75, 3.05) is 13.6 Å². The molecule has 1 N–H and O–H groups in total. The highest BCUT2D eigenvalue weighted by Crippen LogP contribution is 2.09. The van der Waals surface area contributed by atoms with Crippen molar-refractivity contribution in [3.05, 3.63) is 48.3 Å². The largest absolute Gasteiger partial charge is 0.338 e. The number of rotatable bonds is 6. The number of carbonyl (C=O) groups is 1. The Labute approximate surface area is 125 Å². The first-order chi connectivity index (χ1) is 10.2. The molecule has 2 amide bonds. The highest BCUT2D eigenvalue weighted by atomic mass is 16.2. The van der Waals surface area contributed by atoms with Gasteiger partial charge in [-0.05, 0) is 18.6 Å². The molecule has 0 aliphatic carbocycles. The summed E-state index contributed by atoms with van der Waals surface area (Å²) < 4.78 is 1.82. The van der Waals surface area contributed by atoms with E-state index < -0.39 is 0 Å². The van der Waals surface area contributed by atoms with Crippen molar-refractivity contribution >= 4 is 6.03 Å². The van der Waals surface area contributed by atoms with Gasteiger partial charge in [-0.25, -0.2) is 9.48 Å². The Hall–Kier alpha value is -2.30. The minimum absolute atomic E-state index is 0.0455. The number of hydrogen-bond acceptors (Lipinski definition) is 2. The van der Waals surface area contributed by atoms with Gasteiger partial charge in [-0.1, -0.05) is 31.5 Å². The van der Waals surface area contributed by atoms with Gasteiger partial charge in [-0.2, -0.15) is 5.10 Å². The van der Waals surface area contributed by atoms with E-state index in [9.17, 15) is 4.79 Å². The van der Waals surface area contributed by atoms with Gasteiger partial charge in [-0.15, -0.1) is 0 Å². The minimum Gasteiger partial charge on any atom is -0.338 e. The van der Waals surface area contributed by atoms with Crippen molar-refractivity contribution in [2.45, 2.75) is 26.3 Å². The van der Waals surface area contributed by atoms with Crippen LogP contribution in [0.3, 0.4) is 0 Å². The van der Waals surface area contributed by atoms with Gasteiger partial charge in [0.2, 0.25) is 0 Å². The lowest BCUT2D eigenvalue weighted by molar-refractivity contribution is 0.207. The van der Waals surface area contributed by atoms with E-state index in [2.05, 4.69) is 17.3 Å². The molecule has 0 saturated carbocycles. The number of aromatic nitrogens is 2. The van der Waals surface area contributed by atoms with Crippen LogP contribution >= 0.6 is 0 Å². The van der Waals surface area contributed by atoms with E-state index in [1.54, 1.807) is 18.1 Å². The number of para-hydroxylation sites is 1. The van der Waals surface area contributed by atoms with Crippen LogP contribution in [0.1, 0.15) is 25.3 Å². The predicted molar refractivity (Wildman–Crippen MR) is 83.3 cm³/mol. The van der Waals surface area contributed by atoms with Crippen LogP contribution in [-0.2, 0) is 6.54 Å². The number of unbranched alkanes of at least 4 members (excludes halogenated alkanes) is 1. The number of hydrogen-bond donors (Lipinski definition) is 1. The number of carbonyl (C=O) groups excluding carboxylic acids is 1. The number of urea groups is 1. The zero-order valence-electron chi connectivity index (χ0n) is 12.6. The molecule has 2 aromatic rings. The van der Waals surface area contributed by atoms with Crippen molar-refractivity contribution in [3.8, 4) is 5.69 Å². The molecule has 0 fully saturated rings. The topological polar surface area (TPSA) is 50.2 Å². The summed E-state index contributed by atoms with van der Waals surface area (Å²) in [5, 5.41) is 7.23.